The van der Waals surface area contributed by atoms with Crippen LogP contribution in [-0.2, 0) is 17.4 Å². The maximum Gasteiger partial charge on any atom is 0.249 e. The fourth-order valence-corrected chi connectivity index (χ4v) is 5.41. The third-order valence-electron chi connectivity index (χ3n) is 4.88. The summed E-state index contributed by atoms with van der Waals surface area (Å²) in [5.74, 6) is -0.142. The molecule has 31 heavy (non-hydrogen) atoms. The highest BCUT2D eigenvalue weighted by atomic mass is 32.1. The van der Waals surface area contributed by atoms with Crippen molar-refractivity contribution < 1.29 is 9.69 Å². The molecule has 0 fully saturated rings. The number of aryl methyl sites for hydroxylation is 1. The predicted octanol–water partition coefficient (Wildman–Crippen LogP) is 5.02. The molecule has 1 amide bonds. The second kappa shape index (κ2) is 11.8. The second-order valence-corrected chi connectivity index (χ2v) is 9.98. The highest BCUT2D eigenvalue weighted by Gasteiger charge is 2.24. The lowest BCUT2D eigenvalue weighted by molar-refractivity contribution is -0.156. The van der Waals surface area contributed by atoms with Gasteiger partial charge < -0.3 is 10.2 Å². The Morgan fingerprint density at radius 3 is 2.61 bits per heavy atom. The number of carbonyl (C=O) groups is 1. The Morgan fingerprint density at radius 1 is 1.16 bits per heavy atom. The average molecular weight is 454 g/mol. The van der Waals surface area contributed by atoms with Gasteiger partial charge in [-0.15, -0.1) is 11.3 Å². The first-order valence-electron chi connectivity index (χ1n) is 10.5. The third kappa shape index (κ3) is 7.35. The van der Waals surface area contributed by atoms with Crippen molar-refractivity contribution in [1.82, 2.24) is 10.3 Å². The molecule has 0 aliphatic heterocycles. The normalized spacial score (nSPS) is 12.7. The molecule has 3 rings (SSSR count). The number of carbonyl (C=O) groups excluding carboxylic acids is 1. The summed E-state index contributed by atoms with van der Waals surface area (Å²) in [5, 5.41) is 4.92. The van der Waals surface area contributed by atoms with Gasteiger partial charge in [-0.3, -0.25) is 9.78 Å². The molecule has 0 bridgehead atoms. The Labute approximate surface area is 189 Å². The summed E-state index contributed by atoms with van der Waals surface area (Å²) < 4.78 is 4.32. The molecule has 1 N–H and O–H groups in total. The van der Waals surface area contributed by atoms with Gasteiger partial charge >= 0.3 is 0 Å². The van der Waals surface area contributed by atoms with Gasteiger partial charge in [0.1, 0.15) is 0 Å². The zero-order valence-electron chi connectivity index (χ0n) is 17.9. The first kappa shape index (κ1) is 23.3. The largest absolute Gasteiger partial charge is 0.612 e. The molecule has 2 atom stereocenters. The number of rotatable bonds is 10. The molecule has 7 heteroatoms. The van der Waals surface area contributed by atoms with E-state index in [0.717, 1.165) is 29.0 Å². The molecule has 1 unspecified atom stereocenters. The van der Waals surface area contributed by atoms with E-state index in [1.54, 1.807) is 17.5 Å². The Balaban J connectivity index is 1.46. The van der Waals surface area contributed by atoms with Crippen LogP contribution in [0, 0.1) is 5.92 Å². The van der Waals surface area contributed by atoms with E-state index >= 15 is 0 Å². The molecule has 0 saturated heterocycles. The molecule has 0 spiro atoms. The Hall–Kier alpha value is -2.40. The van der Waals surface area contributed by atoms with Crippen LogP contribution in [0.4, 0.5) is 0 Å². The van der Waals surface area contributed by atoms with Gasteiger partial charge in [0, 0.05) is 18.3 Å². The first-order chi connectivity index (χ1) is 15.0. The summed E-state index contributed by atoms with van der Waals surface area (Å²) in [5.41, 5.74) is 3.27. The molecule has 2 heterocycles. The molecular formula is C24H28N3O2PS. The number of pyridine rings is 1. The first-order valence-corrected chi connectivity index (χ1v) is 12.8. The van der Waals surface area contributed by atoms with Crippen molar-refractivity contribution >= 4 is 25.2 Å². The van der Waals surface area contributed by atoms with Crippen molar-refractivity contribution in [3.8, 4) is 11.3 Å². The van der Waals surface area contributed by atoms with Gasteiger partial charge in [0.2, 0.25) is 5.91 Å². The van der Waals surface area contributed by atoms with Gasteiger partial charge in [-0.05, 0) is 47.9 Å². The van der Waals surface area contributed by atoms with Crippen molar-refractivity contribution in [2.45, 2.75) is 38.9 Å². The fourth-order valence-electron chi connectivity index (χ4n) is 3.19. The second-order valence-electron chi connectivity index (χ2n) is 7.70. The van der Waals surface area contributed by atoms with Crippen LogP contribution in [0.2, 0.25) is 0 Å². The summed E-state index contributed by atoms with van der Waals surface area (Å²) in [6, 6.07) is 17.5. The highest BCUT2D eigenvalue weighted by Crippen LogP contribution is 2.27. The molecule has 3 aromatic rings. The molecule has 0 radical (unpaired) electrons. The number of amides is 1. The van der Waals surface area contributed by atoms with Gasteiger partial charge in [-0.1, -0.05) is 55.0 Å². The van der Waals surface area contributed by atoms with Crippen LogP contribution in [0.15, 0.2) is 70.9 Å². The Bertz CT molecular complexity index is 974. The topological polar surface area (TPSA) is 77.4 Å². The molecule has 2 aromatic heterocycles. The third-order valence-corrected chi connectivity index (χ3v) is 7.09. The van der Waals surface area contributed by atoms with Crippen LogP contribution in [0.5, 0.6) is 0 Å². The number of hydrogen-bond acceptors (Lipinski definition) is 5. The van der Waals surface area contributed by atoms with Crippen molar-refractivity contribution in [3.05, 3.63) is 76.6 Å². The summed E-state index contributed by atoms with van der Waals surface area (Å²) in [7, 11) is -1.79. The van der Waals surface area contributed by atoms with Crippen molar-refractivity contribution in [2.24, 2.45) is 10.7 Å². The summed E-state index contributed by atoms with van der Waals surface area (Å²) in [6.07, 6.45) is 3.90. The predicted molar refractivity (Wildman–Crippen MR) is 127 cm³/mol. The van der Waals surface area contributed by atoms with E-state index in [0.29, 0.717) is 12.7 Å². The smallest absolute Gasteiger partial charge is 0.249 e. The molecule has 1 aromatic carbocycles. The van der Waals surface area contributed by atoms with E-state index in [1.165, 1.54) is 5.56 Å². The SMILES string of the molecule is CC(C)[C@H](N=[P+]([O-])Cc1cccs1)C(=O)NCCCc1ccc(-c2ccccn2)cc1. The number of benzene rings is 1. The standard InChI is InChI=1S/C24H28N3O2PS/c1-18(2)23(27-30(29)17-21-8-6-16-31-21)24(28)26-15-5-7-19-10-12-20(13-11-19)22-9-3-4-14-25-22/h3-4,6,8-14,16,18,23H,5,7,15,17H2,1-2H3,(H,26,28)/t23-/m0/s1. The van der Waals surface area contributed by atoms with Crippen molar-refractivity contribution in [3.63, 3.8) is 0 Å². The molecule has 0 aliphatic rings. The fraction of sp³-hybridized carbons (Fsp3) is 0.333. The van der Waals surface area contributed by atoms with Gasteiger partial charge in [0.25, 0.3) is 0 Å². The minimum absolute atomic E-state index is 0.00132. The van der Waals surface area contributed by atoms with E-state index in [-0.39, 0.29) is 11.8 Å². The van der Waals surface area contributed by atoms with Gasteiger partial charge in [-0.2, -0.15) is 0 Å². The van der Waals surface area contributed by atoms with E-state index < -0.39 is 14.0 Å². The zero-order valence-corrected chi connectivity index (χ0v) is 19.6. The molecule has 5 nitrogen and oxygen atoms in total. The van der Waals surface area contributed by atoms with E-state index in [1.807, 2.05) is 49.6 Å². The van der Waals surface area contributed by atoms with Crippen LogP contribution >= 0.6 is 19.3 Å². The molecular weight excluding hydrogens is 425 g/mol. The van der Waals surface area contributed by atoms with Crippen molar-refractivity contribution in [1.29, 1.82) is 0 Å². The summed E-state index contributed by atoms with van der Waals surface area (Å²) in [4.78, 5) is 30.4. The molecule has 0 saturated carbocycles. The zero-order chi connectivity index (χ0) is 22.1. The maximum atomic E-state index is 12.6. The Kier molecular flexibility index (Phi) is 8.89. The average Bonchev–Trinajstić information content (AvgIpc) is 3.28. The monoisotopic (exact) mass is 453 g/mol. The maximum absolute atomic E-state index is 12.6. The van der Waals surface area contributed by atoms with Crippen LogP contribution < -0.4 is 10.2 Å². The van der Waals surface area contributed by atoms with Gasteiger partial charge in [0.15, 0.2) is 20.1 Å². The van der Waals surface area contributed by atoms with Crippen LogP contribution in [0.3, 0.4) is 0 Å². The van der Waals surface area contributed by atoms with Gasteiger partial charge in [0.05, 0.1) is 10.6 Å². The minimum Gasteiger partial charge on any atom is -0.612 e. The van der Waals surface area contributed by atoms with Gasteiger partial charge in [-0.25, -0.2) is 0 Å². The van der Waals surface area contributed by atoms with Crippen LogP contribution in [0.25, 0.3) is 11.3 Å². The summed E-state index contributed by atoms with van der Waals surface area (Å²) >= 11 is 1.56. The number of nitrogens with zero attached hydrogens (tertiary/aromatic N) is 2. The van der Waals surface area contributed by atoms with Crippen molar-refractivity contribution in [2.75, 3.05) is 6.54 Å². The van der Waals surface area contributed by atoms with Crippen LogP contribution in [-0.4, -0.2) is 23.5 Å². The lowest BCUT2D eigenvalue weighted by Crippen LogP contribution is -2.37. The van der Waals surface area contributed by atoms with E-state index in [4.69, 9.17) is 0 Å². The summed E-state index contributed by atoms with van der Waals surface area (Å²) in [6.45, 7) is 4.44. The highest BCUT2D eigenvalue weighted by molar-refractivity contribution is 7.39. The number of hydrogen-bond donors (Lipinski definition) is 1. The number of aromatic nitrogens is 1. The van der Waals surface area contributed by atoms with Crippen LogP contribution in [0.1, 0.15) is 30.7 Å². The number of thiophene rings is 1. The van der Waals surface area contributed by atoms with E-state index in [9.17, 15) is 9.69 Å². The lowest BCUT2D eigenvalue weighted by Gasteiger charge is -2.14. The number of nitrogens with one attached hydrogen (secondary N) is 1. The lowest BCUT2D eigenvalue weighted by atomic mass is 10.0. The molecule has 162 valence electrons. The minimum atomic E-state index is -1.79. The van der Waals surface area contributed by atoms with E-state index in [2.05, 4.69) is 39.3 Å². The Morgan fingerprint density at radius 2 is 1.97 bits per heavy atom. The quantitative estimate of drug-likeness (QED) is 0.346. The molecule has 0 aliphatic carbocycles.